The predicted molar refractivity (Wildman–Crippen MR) is 113 cm³/mol. The fourth-order valence-electron chi connectivity index (χ4n) is 4.21. The zero-order valence-corrected chi connectivity index (χ0v) is 17.0. The van der Waals surface area contributed by atoms with Crippen LogP contribution in [0.3, 0.4) is 0 Å². The third-order valence-corrected chi connectivity index (χ3v) is 5.89. The highest BCUT2D eigenvalue weighted by Gasteiger charge is 2.20. The summed E-state index contributed by atoms with van der Waals surface area (Å²) in [6.07, 6.45) is 5.60. The van der Waals surface area contributed by atoms with E-state index in [1.165, 1.54) is 0 Å². The summed E-state index contributed by atoms with van der Waals surface area (Å²) in [7, 11) is 2.12. The topological polar surface area (TPSA) is 68.3 Å². The minimum atomic E-state index is 0.0425. The van der Waals surface area contributed by atoms with Gasteiger partial charge in [-0.1, -0.05) is 6.07 Å². The first-order chi connectivity index (χ1) is 14.0. The van der Waals surface area contributed by atoms with E-state index in [2.05, 4.69) is 21.9 Å². The van der Waals surface area contributed by atoms with Gasteiger partial charge in [-0.2, -0.15) is 5.10 Å². The number of piperidine rings is 1. The molecule has 7 nitrogen and oxygen atoms in total. The highest BCUT2D eigenvalue weighted by atomic mass is 16.1. The molecule has 4 heterocycles. The van der Waals surface area contributed by atoms with Gasteiger partial charge in [0.15, 0.2) is 5.65 Å². The van der Waals surface area contributed by atoms with E-state index in [1.807, 2.05) is 53.4 Å². The van der Waals surface area contributed by atoms with Crippen molar-refractivity contribution in [3.63, 3.8) is 0 Å². The third kappa shape index (κ3) is 3.11. The van der Waals surface area contributed by atoms with Crippen molar-refractivity contribution in [2.24, 2.45) is 0 Å². The normalized spacial score (nSPS) is 16.1. The molecule has 1 aliphatic heterocycles. The molecule has 1 saturated heterocycles. The van der Waals surface area contributed by atoms with Crippen molar-refractivity contribution in [2.45, 2.75) is 32.7 Å². The predicted octanol–water partition coefficient (Wildman–Crippen LogP) is 2.99. The Morgan fingerprint density at radius 1 is 1.10 bits per heavy atom. The van der Waals surface area contributed by atoms with Crippen LogP contribution in [0.4, 0.5) is 0 Å². The summed E-state index contributed by atoms with van der Waals surface area (Å²) in [4.78, 5) is 24.5. The molecule has 0 amide bonds. The summed E-state index contributed by atoms with van der Waals surface area (Å²) < 4.78 is 3.63. The number of rotatable bonds is 2. The van der Waals surface area contributed by atoms with Crippen LogP contribution >= 0.6 is 0 Å². The fourth-order valence-corrected chi connectivity index (χ4v) is 4.21. The van der Waals surface area contributed by atoms with Crippen molar-refractivity contribution >= 4 is 16.6 Å². The van der Waals surface area contributed by atoms with Crippen LogP contribution in [0.2, 0.25) is 0 Å². The van der Waals surface area contributed by atoms with Crippen molar-refractivity contribution in [2.75, 3.05) is 20.1 Å². The van der Waals surface area contributed by atoms with Crippen molar-refractivity contribution in [1.82, 2.24) is 29.0 Å². The van der Waals surface area contributed by atoms with Crippen LogP contribution < -0.4 is 5.56 Å². The van der Waals surface area contributed by atoms with Crippen LogP contribution in [0.1, 0.15) is 30.1 Å². The molecular formula is C22H24N6O. The van der Waals surface area contributed by atoms with Gasteiger partial charge in [-0.15, -0.1) is 0 Å². The quantitative estimate of drug-likeness (QED) is 0.528. The van der Waals surface area contributed by atoms with Crippen LogP contribution in [-0.2, 0) is 0 Å². The molecule has 148 valence electrons. The molecule has 0 saturated carbocycles. The molecule has 1 aromatic carbocycles. The maximum Gasteiger partial charge on any atom is 0.261 e. The summed E-state index contributed by atoms with van der Waals surface area (Å²) in [5.74, 6) is 0. The molecule has 0 unspecified atom stereocenters. The van der Waals surface area contributed by atoms with E-state index >= 15 is 0 Å². The number of imidazole rings is 1. The first-order valence-corrected chi connectivity index (χ1v) is 10.0. The van der Waals surface area contributed by atoms with E-state index in [1.54, 1.807) is 6.33 Å². The van der Waals surface area contributed by atoms with Crippen LogP contribution in [-0.4, -0.2) is 49.2 Å². The number of aryl methyl sites for hydroxylation is 2. The monoisotopic (exact) mass is 388 g/mol. The zero-order chi connectivity index (χ0) is 20.1. The molecule has 0 atom stereocenters. The Labute approximate surface area is 168 Å². The highest BCUT2D eigenvalue weighted by Crippen LogP contribution is 2.24. The van der Waals surface area contributed by atoms with Crippen molar-refractivity contribution < 1.29 is 0 Å². The maximum atomic E-state index is 13.1. The molecule has 3 aromatic heterocycles. The van der Waals surface area contributed by atoms with Gasteiger partial charge >= 0.3 is 0 Å². The van der Waals surface area contributed by atoms with Gasteiger partial charge in [0.2, 0.25) is 0 Å². The Morgan fingerprint density at radius 3 is 2.69 bits per heavy atom. The van der Waals surface area contributed by atoms with Gasteiger partial charge in [-0.25, -0.2) is 14.5 Å². The van der Waals surface area contributed by atoms with Gasteiger partial charge < -0.3 is 4.90 Å². The lowest BCUT2D eigenvalue weighted by Crippen LogP contribution is -2.35. The molecule has 29 heavy (non-hydrogen) atoms. The zero-order valence-electron chi connectivity index (χ0n) is 17.0. The highest BCUT2D eigenvalue weighted by molar-refractivity contribution is 5.83. The molecule has 1 aliphatic rings. The molecule has 0 aliphatic carbocycles. The van der Waals surface area contributed by atoms with E-state index in [0.29, 0.717) is 10.9 Å². The van der Waals surface area contributed by atoms with E-state index < -0.39 is 0 Å². The van der Waals surface area contributed by atoms with Gasteiger partial charge in [0.25, 0.3) is 5.56 Å². The van der Waals surface area contributed by atoms with E-state index in [4.69, 9.17) is 5.10 Å². The largest absolute Gasteiger partial charge is 0.306 e. The number of hydrogen-bond acceptors (Lipinski definition) is 5. The van der Waals surface area contributed by atoms with Gasteiger partial charge in [-0.3, -0.25) is 9.36 Å². The maximum absolute atomic E-state index is 13.1. The number of fused-ring (bicyclic) bond motifs is 2. The Bertz CT molecular complexity index is 1280. The molecule has 4 aromatic rings. The minimum Gasteiger partial charge on any atom is -0.306 e. The van der Waals surface area contributed by atoms with E-state index in [9.17, 15) is 4.79 Å². The molecule has 0 spiro atoms. The smallest absolute Gasteiger partial charge is 0.261 e. The fraction of sp³-hybridized carbons (Fsp3) is 0.364. The first kappa shape index (κ1) is 18.0. The van der Waals surface area contributed by atoms with Gasteiger partial charge in [0.1, 0.15) is 0 Å². The Balaban J connectivity index is 1.56. The average molecular weight is 388 g/mol. The van der Waals surface area contributed by atoms with Crippen molar-refractivity contribution in [3.05, 3.63) is 58.4 Å². The average Bonchev–Trinajstić information content (AvgIpc) is 3.10. The molecule has 5 rings (SSSR count). The standard InChI is InChI=1S/C22H24N6O/c1-14-10-19(25-28-12-15(2)24-21(14)28)16-4-5-18-20(11-16)23-13-27(22(18)29)17-6-8-26(3)9-7-17/h4-5,10-13,17H,6-9H2,1-3H3. The van der Waals surface area contributed by atoms with Gasteiger partial charge in [0, 0.05) is 11.6 Å². The number of benzene rings is 1. The Kier molecular flexibility index (Phi) is 4.20. The second kappa shape index (κ2) is 6.77. The van der Waals surface area contributed by atoms with Crippen LogP contribution in [0.5, 0.6) is 0 Å². The second-order valence-corrected chi connectivity index (χ2v) is 8.09. The summed E-state index contributed by atoms with van der Waals surface area (Å²) in [6.45, 7) is 6.01. The molecule has 1 fully saturated rings. The van der Waals surface area contributed by atoms with E-state index in [-0.39, 0.29) is 11.6 Å². The van der Waals surface area contributed by atoms with Crippen molar-refractivity contribution in [1.29, 1.82) is 0 Å². The molecule has 7 heteroatoms. The molecule has 0 bridgehead atoms. The second-order valence-electron chi connectivity index (χ2n) is 8.09. The summed E-state index contributed by atoms with van der Waals surface area (Å²) >= 11 is 0. The van der Waals surface area contributed by atoms with Gasteiger partial charge in [-0.05, 0) is 70.6 Å². The minimum absolute atomic E-state index is 0.0425. The number of nitrogens with zero attached hydrogens (tertiary/aromatic N) is 6. The van der Waals surface area contributed by atoms with E-state index in [0.717, 1.165) is 54.1 Å². The van der Waals surface area contributed by atoms with Crippen molar-refractivity contribution in [3.8, 4) is 11.3 Å². The first-order valence-electron chi connectivity index (χ1n) is 10.0. The lowest BCUT2D eigenvalue weighted by Gasteiger charge is -2.30. The molecule has 0 N–H and O–H groups in total. The van der Waals surface area contributed by atoms with Crippen LogP contribution in [0, 0.1) is 13.8 Å². The summed E-state index contributed by atoms with van der Waals surface area (Å²) in [6, 6.07) is 8.05. The number of aromatic nitrogens is 5. The lowest BCUT2D eigenvalue weighted by atomic mass is 10.0. The summed E-state index contributed by atoms with van der Waals surface area (Å²) in [5, 5.41) is 5.35. The number of hydrogen-bond donors (Lipinski definition) is 0. The van der Waals surface area contributed by atoms with Crippen LogP contribution in [0.25, 0.3) is 27.8 Å². The molecule has 0 radical (unpaired) electrons. The summed E-state index contributed by atoms with van der Waals surface area (Å²) in [5.41, 5.74) is 5.40. The SMILES string of the molecule is Cc1cn2nc(-c3ccc4c(=O)n(C5CCN(C)CC5)cnc4c3)cc(C)c2n1. The Morgan fingerprint density at radius 2 is 1.90 bits per heavy atom. The third-order valence-electron chi connectivity index (χ3n) is 5.89. The number of likely N-dealkylation sites (tertiary alicyclic amines) is 1. The lowest BCUT2D eigenvalue weighted by molar-refractivity contribution is 0.218. The Hall–Kier alpha value is -3.06. The van der Waals surface area contributed by atoms with Crippen LogP contribution in [0.15, 0.2) is 41.6 Å². The van der Waals surface area contributed by atoms with Gasteiger partial charge in [0.05, 0.1) is 34.8 Å². The molecular weight excluding hydrogens is 364 g/mol.